The van der Waals surface area contributed by atoms with Gasteiger partial charge in [0.2, 0.25) is 0 Å². The van der Waals surface area contributed by atoms with Gasteiger partial charge in [0.25, 0.3) is 5.91 Å². The Labute approximate surface area is 137 Å². The van der Waals surface area contributed by atoms with Crippen LogP contribution in [0.4, 0.5) is 0 Å². The highest BCUT2D eigenvalue weighted by Gasteiger charge is 2.01. The molecule has 0 aliphatic rings. The van der Waals surface area contributed by atoms with Gasteiger partial charge in [-0.1, -0.05) is 15.9 Å². The number of amides is 1. The van der Waals surface area contributed by atoms with Crippen LogP contribution >= 0.6 is 43.2 Å². The van der Waals surface area contributed by atoms with Crippen molar-refractivity contribution in [1.29, 1.82) is 0 Å². The lowest BCUT2D eigenvalue weighted by atomic mass is 10.3. The normalized spacial score (nSPS) is 10.7. The van der Waals surface area contributed by atoms with Gasteiger partial charge in [-0.25, -0.2) is 5.43 Å². The van der Waals surface area contributed by atoms with Crippen LogP contribution in [0.15, 0.2) is 49.8 Å². The van der Waals surface area contributed by atoms with Gasteiger partial charge in [-0.15, -0.1) is 11.3 Å². The molecule has 1 aromatic heterocycles. The molecule has 0 unspecified atom stereocenters. The second-order valence-electron chi connectivity index (χ2n) is 3.68. The van der Waals surface area contributed by atoms with Gasteiger partial charge in [0.1, 0.15) is 5.75 Å². The van der Waals surface area contributed by atoms with Crippen LogP contribution in [0.1, 0.15) is 4.88 Å². The zero-order chi connectivity index (χ0) is 14.4. The number of hydrogen-bond donors (Lipinski definition) is 1. The summed E-state index contributed by atoms with van der Waals surface area (Å²) in [4.78, 5) is 12.5. The number of carbonyl (C=O) groups is 1. The second-order valence-corrected chi connectivity index (χ2v) is 7.09. The first-order valence-electron chi connectivity index (χ1n) is 5.59. The van der Waals surface area contributed by atoms with Crippen molar-refractivity contribution in [1.82, 2.24) is 5.43 Å². The Morgan fingerprint density at radius 3 is 2.65 bits per heavy atom. The Balaban J connectivity index is 1.75. The second kappa shape index (κ2) is 7.56. The minimum Gasteiger partial charge on any atom is -0.484 e. The molecule has 0 saturated carbocycles. The van der Waals surface area contributed by atoms with Crippen LogP contribution in [0.3, 0.4) is 0 Å². The van der Waals surface area contributed by atoms with Crippen LogP contribution in [0.2, 0.25) is 0 Å². The highest BCUT2D eigenvalue weighted by Crippen LogP contribution is 2.20. The zero-order valence-electron chi connectivity index (χ0n) is 10.2. The number of benzene rings is 1. The van der Waals surface area contributed by atoms with Gasteiger partial charge >= 0.3 is 0 Å². The van der Waals surface area contributed by atoms with Crippen molar-refractivity contribution in [2.24, 2.45) is 5.10 Å². The zero-order valence-corrected chi connectivity index (χ0v) is 14.2. The number of nitrogens with one attached hydrogen (secondary N) is 1. The fraction of sp³-hybridized carbons (Fsp3) is 0.0769. The third-order valence-corrected chi connectivity index (χ3v) is 4.25. The van der Waals surface area contributed by atoms with E-state index in [-0.39, 0.29) is 12.5 Å². The number of nitrogens with zero attached hydrogens (tertiary/aromatic N) is 1. The molecule has 0 radical (unpaired) electrons. The van der Waals surface area contributed by atoms with Gasteiger partial charge in [0.05, 0.1) is 10.0 Å². The first kappa shape index (κ1) is 15.2. The minimum absolute atomic E-state index is 0.0763. The Hall–Kier alpha value is -1.18. The van der Waals surface area contributed by atoms with Crippen LogP contribution < -0.4 is 10.2 Å². The standard InChI is InChI=1S/C13H10Br2N2O2S/c14-9-1-3-10(4-2-9)19-8-13(18)17-16-7-11-5-6-12(15)20-11/h1-7H,8H2,(H,17,18)/b16-7-. The number of hydrazone groups is 1. The lowest BCUT2D eigenvalue weighted by molar-refractivity contribution is -0.123. The fourth-order valence-corrected chi connectivity index (χ4v) is 2.84. The SMILES string of the molecule is O=C(COc1ccc(Br)cc1)N/N=C\c1ccc(Br)s1. The van der Waals surface area contributed by atoms with Crippen molar-refractivity contribution in [3.05, 3.63) is 49.5 Å². The first-order valence-corrected chi connectivity index (χ1v) is 7.99. The van der Waals surface area contributed by atoms with Crippen LogP contribution in [-0.2, 0) is 4.79 Å². The van der Waals surface area contributed by atoms with Gasteiger partial charge in [0, 0.05) is 9.35 Å². The lowest BCUT2D eigenvalue weighted by Gasteiger charge is -2.04. The summed E-state index contributed by atoms with van der Waals surface area (Å²) in [5, 5.41) is 3.86. The molecule has 0 saturated heterocycles. The van der Waals surface area contributed by atoms with Crippen LogP contribution in [0, 0.1) is 0 Å². The average molecular weight is 418 g/mol. The molecule has 0 atom stereocenters. The Morgan fingerprint density at radius 2 is 2.00 bits per heavy atom. The van der Waals surface area contributed by atoms with E-state index < -0.39 is 0 Å². The molecule has 0 bridgehead atoms. The predicted molar refractivity (Wildman–Crippen MR) is 87.4 cm³/mol. The van der Waals surface area contributed by atoms with Crippen molar-refractivity contribution >= 4 is 55.3 Å². The van der Waals surface area contributed by atoms with E-state index in [2.05, 4.69) is 42.4 Å². The molecule has 0 aliphatic carbocycles. The number of thiophene rings is 1. The quantitative estimate of drug-likeness (QED) is 0.594. The van der Waals surface area contributed by atoms with Gasteiger partial charge in [-0.05, 0) is 52.3 Å². The molecule has 1 aromatic carbocycles. The molecule has 7 heteroatoms. The van der Waals surface area contributed by atoms with E-state index in [0.717, 1.165) is 13.1 Å². The minimum atomic E-state index is -0.306. The number of ether oxygens (including phenoxy) is 1. The van der Waals surface area contributed by atoms with E-state index in [0.29, 0.717) is 5.75 Å². The van der Waals surface area contributed by atoms with Crippen molar-refractivity contribution in [3.63, 3.8) is 0 Å². The van der Waals surface area contributed by atoms with Crippen LogP contribution in [-0.4, -0.2) is 18.7 Å². The summed E-state index contributed by atoms with van der Waals surface area (Å²) < 4.78 is 7.29. The molecule has 1 amide bonds. The molecule has 20 heavy (non-hydrogen) atoms. The van der Waals surface area contributed by atoms with Gasteiger partial charge in [-0.2, -0.15) is 5.10 Å². The number of hydrogen-bond acceptors (Lipinski definition) is 4. The van der Waals surface area contributed by atoms with Crippen molar-refractivity contribution < 1.29 is 9.53 Å². The van der Waals surface area contributed by atoms with E-state index in [1.807, 2.05) is 24.3 Å². The molecule has 1 N–H and O–H groups in total. The van der Waals surface area contributed by atoms with Crippen molar-refractivity contribution in [2.45, 2.75) is 0 Å². The first-order chi connectivity index (χ1) is 9.63. The van der Waals surface area contributed by atoms with Gasteiger partial charge < -0.3 is 4.74 Å². The summed E-state index contributed by atoms with van der Waals surface area (Å²) in [5.74, 6) is 0.328. The molecule has 0 fully saturated rings. The van der Waals surface area contributed by atoms with E-state index in [1.165, 1.54) is 11.3 Å². The molecular formula is C13H10Br2N2O2S. The monoisotopic (exact) mass is 416 g/mol. The Bertz CT molecular complexity index is 611. The third-order valence-electron chi connectivity index (χ3n) is 2.16. The van der Waals surface area contributed by atoms with Gasteiger partial charge in [-0.3, -0.25) is 4.79 Å². The fourth-order valence-electron chi connectivity index (χ4n) is 1.28. The number of carbonyl (C=O) groups excluding carboxylic acids is 1. The topological polar surface area (TPSA) is 50.7 Å². The molecule has 0 aliphatic heterocycles. The smallest absolute Gasteiger partial charge is 0.277 e. The predicted octanol–water partition coefficient (Wildman–Crippen LogP) is 3.80. The summed E-state index contributed by atoms with van der Waals surface area (Å²) in [7, 11) is 0. The molecule has 4 nitrogen and oxygen atoms in total. The third kappa shape index (κ3) is 5.07. The average Bonchev–Trinajstić information content (AvgIpc) is 2.84. The van der Waals surface area contributed by atoms with E-state index >= 15 is 0 Å². The summed E-state index contributed by atoms with van der Waals surface area (Å²) in [6.07, 6.45) is 1.59. The molecule has 1 heterocycles. The summed E-state index contributed by atoms with van der Waals surface area (Å²) in [6, 6.07) is 11.1. The number of rotatable bonds is 5. The van der Waals surface area contributed by atoms with E-state index in [1.54, 1.807) is 18.3 Å². The molecule has 104 valence electrons. The maximum Gasteiger partial charge on any atom is 0.277 e. The number of halogens is 2. The lowest BCUT2D eigenvalue weighted by Crippen LogP contribution is -2.24. The highest BCUT2D eigenvalue weighted by atomic mass is 79.9. The largest absolute Gasteiger partial charge is 0.484 e. The summed E-state index contributed by atoms with van der Waals surface area (Å²) >= 11 is 8.21. The Kier molecular flexibility index (Phi) is 5.75. The summed E-state index contributed by atoms with van der Waals surface area (Å²) in [6.45, 7) is -0.0763. The molecule has 0 spiro atoms. The molecule has 2 rings (SSSR count). The van der Waals surface area contributed by atoms with Gasteiger partial charge in [0.15, 0.2) is 6.61 Å². The maximum atomic E-state index is 11.5. The maximum absolute atomic E-state index is 11.5. The highest BCUT2D eigenvalue weighted by molar-refractivity contribution is 9.11. The van der Waals surface area contributed by atoms with E-state index in [9.17, 15) is 4.79 Å². The molecular weight excluding hydrogens is 408 g/mol. The Morgan fingerprint density at radius 1 is 1.25 bits per heavy atom. The van der Waals surface area contributed by atoms with E-state index in [4.69, 9.17) is 4.74 Å². The van der Waals surface area contributed by atoms with Crippen LogP contribution in [0.25, 0.3) is 0 Å². The van der Waals surface area contributed by atoms with Crippen LogP contribution in [0.5, 0.6) is 5.75 Å². The molecule has 2 aromatic rings. The van der Waals surface area contributed by atoms with Crippen molar-refractivity contribution in [2.75, 3.05) is 6.61 Å². The van der Waals surface area contributed by atoms with Crippen molar-refractivity contribution in [3.8, 4) is 5.75 Å². The summed E-state index contributed by atoms with van der Waals surface area (Å²) in [5.41, 5.74) is 2.41.